The molecule has 0 N–H and O–H groups in total. The predicted octanol–water partition coefficient (Wildman–Crippen LogP) is 3.15. The summed E-state index contributed by atoms with van der Waals surface area (Å²) in [6.07, 6.45) is 2.05. The van der Waals surface area contributed by atoms with Crippen molar-refractivity contribution >= 4 is 22.6 Å². The topological polar surface area (TPSA) is 53.4 Å². The summed E-state index contributed by atoms with van der Waals surface area (Å²) in [6, 6.07) is 5.33. The van der Waals surface area contributed by atoms with Crippen LogP contribution in [0.25, 0.3) is 16.7 Å². The second-order valence-corrected chi connectivity index (χ2v) is 4.82. The Balaban J connectivity index is 2.34. The number of benzene rings is 1. The molecule has 112 valence electrons. The van der Waals surface area contributed by atoms with E-state index in [1.165, 1.54) is 7.11 Å². The van der Waals surface area contributed by atoms with Gasteiger partial charge >= 0.3 is 5.97 Å². The van der Waals surface area contributed by atoms with E-state index >= 15 is 0 Å². The number of nitrogens with zero attached hydrogens (tertiary/aromatic N) is 2. The van der Waals surface area contributed by atoms with Crippen molar-refractivity contribution in [1.29, 1.82) is 0 Å². The minimum atomic E-state index is -0.363. The molecule has 21 heavy (non-hydrogen) atoms. The maximum atomic E-state index is 11.6. The molecule has 0 atom stereocenters. The van der Waals surface area contributed by atoms with Crippen molar-refractivity contribution in [3.63, 3.8) is 0 Å². The monoisotopic (exact) mass is 288 g/mol. The van der Waals surface area contributed by atoms with E-state index in [9.17, 15) is 4.79 Å². The van der Waals surface area contributed by atoms with Crippen LogP contribution in [-0.4, -0.2) is 29.5 Å². The van der Waals surface area contributed by atoms with Crippen LogP contribution in [0, 0.1) is 0 Å². The van der Waals surface area contributed by atoms with Crippen LogP contribution in [0.4, 0.5) is 0 Å². The van der Waals surface area contributed by atoms with Crippen molar-refractivity contribution in [2.24, 2.45) is 7.05 Å². The van der Waals surface area contributed by atoms with Crippen LogP contribution in [0.5, 0.6) is 0 Å². The van der Waals surface area contributed by atoms with Crippen LogP contribution < -0.4 is 0 Å². The van der Waals surface area contributed by atoms with Gasteiger partial charge in [0.1, 0.15) is 11.5 Å². The fourth-order valence-corrected chi connectivity index (χ4v) is 2.12. The molecule has 0 bridgehead atoms. The van der Waals surface area contributed by atoms with Gasteiger partial charge in [0, 0.05) is 12.4 Å². The van der Waals surface area contributed by atoms with E-state index in [1.54, 1.807) is 16.8 Å². The lowest BCUT2D eigenvalue weighted by Gasteiger charge is -2.06. The molecule has 5 nitrogen and oxygen atoms in total. The highest BCUT2D eigenvalue weighted by atomic mass is 16.5. The first-order valence-corrected chi connectivity index (χ1v) is 6.95. The van der Waals surface area contributed by atoms with Crippen LogP contribution in [0.3, 0.4) is 0 Å². The summed E-state index contributed by atoms with van der Waals surface area (Å²) in [6.45, 7) is 6.68. The van der Waals surface area contributed by atoms with Crippen molar-refractivity contribution in [2.75, 3.05) is 13.7 Å². The van der Waals surface area contributed by atoms with Gasteiger partial charge < -0.3 is 9.47 Å². The molecule has 2 rings (SSSR count). The minimum absolute atomic E-state index is 0.363. The number of unbranched alkanes of at least 4 members (excludes halogenated alkanes) is 1. The van der Waals surface area contributed by atoms with Crippen molar-refractivity contribution in [3.05, 3.63) is 36.0 Å². The van der Waals surface area contributed by atoms with Crippen LogP contribution in [-0.2, 0) is 16.5 Å². The maximum Gasteiger partial charge on any atom is 0.337 e. The molecule has 0 radical (unpaired) electrons. The van der Waals surface area contributed by atoms with E-state index in [-0.39, 0.29) is 5.97 Å². The van der Waals surface area contributed by atoms with E-state index in [0.717, 1.165) is 23.7 Å². The predicted molar refractivity (Wildman–Crippen MR) is 81.9 cm³/mol. The Morgan fingerprint density at radius 2 is 2.19 bits per heavy atom. The molecule has 0 fully saturated rings. The SMILES string of the molecule is C=C(OCCCC)c1nn(C)c2cc(C(=O)OC)ccc12. The second-order valence-electron chi connectivity index (χ2n) is 4.82. The van der Waals surface area contributed by atoms with Gasteiger partial charge in [0.2, 0.25) is 0 Å². The van der Waals surface area contributed by atoms with Gasteiger partial charge in [-0.05, 0) is 24.6 Å². The Morgan fingerprint density at radius 3 is 2.86 bits per heavy atom. The number of rotatable bonds is 6. The maximum absolute atomic E-state index is 11.6. The summed E-state index contributed by atoms with van der Waals surface area (Å²) in [5.41, 5.74) is 2.05. The highest BCUT2D eigenvalue weighted by Crippen LogP contribution is 2.25. The summed E-state index contributed by atoms with van der Waals surface area (Å²) in [7, 11) is 3.19. The summed E-state index contributed by atoms with van der Waals surface area (Å²) in [5, 5.41) is 5.34. The van der Waals surface area contributed by atoms with Crippen LogP contribution >= 0.6 is 0 Å². The molecule has 1 aromatic heterocycles. The smallest absolute Gasteiger partial charge is 0.337 e. The molecule has 0 amide bonds. The first-order valence-electron chi connectivity index (χ1n) is 6.95. The van der Waals surface area contributed by atoms with Gasteiger partial charge in [-0.25, -0.2) is 4.79 Å². The Hall–Kier alpha value is -2.30. The molecular weight excluding hydrogens is 268 g/mol. The third-order valence-corrected chi connectivity index (χ3v) is 3.31. The highest BCUT2D eigenvalue weighted by molar-refractivity contribution is 5.97. The molecule has 2 aromatic rings. The highest BCUT2D eigenvalue weighted by Gasteiger charge is 2.15. The third kappa shape index (κ3) is 3.07. The lowest BCUT2D eigenvalue weighted by molar-refractivity contribution is 0.0601. The number of carbonyl (C=O) groups is 1. The Labute approximate surface area is 124 Å². The Bertz CT molecular complexity index is 673. The van der Waals surface area contributed by atoms with E-state index in [2.05, 4.69) is 18.6 Å². The first kappa shape index (κ1) is 15.1. The number of methoxy groups -OCH3 is 1. The molecule has 0 unspecified atom stereocenters. The molecule has 1 aromatic carbocycles. The Kier molecular flexibility index (Phi) is 4.62. The lowest BCUT2D eigenvalue weighted by atomic mass is 10.1. The normalized spacial score (nSPS) is 10.6. The number of aromatic nitrogens is 2. The van der Waals surface area contributed by atoms with E-state index in [1.807, 2.05) is 13.1 Å². The van der Waals surface area contributed by atoms with Gasteiger partial charge in [0.25, 0.3) is 0 Å². The van der Waals surface area contributed by atoms with Gasteiger partial charge in [0.15, 0.2) is 0 Å². The van der Waals surface area contributed by atoms with Crippen LogP contribution in [0.1, 0.15) is 35.8 Å². The molecule has 0 aliphatic carbocycles. The third-order valence-electron chi connectivity index (χ3n) is 3.31. The molecule has 5 heteroatoms. The summed E-state index contributed by atoms with van der Waals surface area (Å²) in [4.78, 5) is 11.6. The fourth-order valence-electron chi connectivity index (χ4n) is 2.12. The van der Waals surface area contributed by atoms with Crippen molar-refractivity contribution < 1.29 is 14.3 Å². The molecule has 0 saturated carbocycles. The number of fused-ring (bicyclic) bond motifs is 1. The number of aryl methyl sites for hydroxylation is 1. The Morgan fingerprint density at radius 1 is 1.43 bits per heavy atom. The van der Waals surface area contributed by atoms with Gasteiger partial charge in [-0.1, -0.05) is 19.9 Å². The number of hydrogen-bond donors (Lipinski definition) is 0. The fraction of sp³-hybridized carbons (Fsp3) is 0.375. The van der Waals surface area contributed by atoms with Crippen molar-refractivity contribution in [2.45, 2.75) is 19.8 Å². The average Bonchev–Trinajstić information content (AvgIpc) is 2.83. The zero-order valence-electron chi connectivity index (χ0n) is 12.7. The summed E-state index contributed by atoms with van der Waals surface area (Å²) < 4.78 is 12.1. The van der Waals surface area contributed by atoms with Crippen LogP contribution in [0.2, 0.25) is 0 Å². The van der Waals surface area contributed by atoms with Gasteiger partial charge in [-0.2, -0.15) is 5.10 Å². The number of ether oxygens (including phenoxy) is 2. The standard InChI is InChI=1S/C16H20N2O3/c1-5-6-9-21-11(2)15-13-8-7-12(16(19)20-4)10-14(13)18(3)17-15/h7-8,10H,2,5-6,9H2,1,3-4H3. The molecule has 1 heterocycles. The minimum Gasteiger partial charge on any atom is -0.492 e. The van der Waals surface area contributed by atoms with Crippen molar-refractivity contribution in [3.8, 4) is 0 Å². The lowest BCUT2D eigenvalue weighted by Crippen LogP contribution is -2.01. The largest absolute Gasteiger partial charge is 0.492 e. The first-order chi connectivity index (χ1) is 10.1. The van der Waals surface area contributed by atoms with E-state index in [4.69, 9.17) is 9.47 Å². The van der Waals surface area contributed by atoms with Crippen molar-refractivity contribution in [1.82, 2.24) is 9.78 Å². The number of carbonyl (C=O) groups excluding carboxylic acids is 1. The van der Waals surface area contributed by atoms with Gasteiger partial charge in [-0.15, -0.1) is 0 Å². The summed E-state index contributed by atoms with van der Waals surface area (Å²) >= 11 is 0. The van der Waals surface area contributed by atoms with E-state index < -0.39 is 0 Å². The molecule has 0 aliphatic heterocycles. The average molecular weight is 288 g/mol. The van der Waals surface area contributed by atoms with Gasteiger partial charge in [0.05, 0.1) is 24.8 Å². The summed E-state index contributed by atoms with van der Waals surface area (Å²) in [5.74, 6) is 0.192. The zero-order chi connectivity index (χ0) is 15.4. The molecule has 0 spiro atoms. The molecule has 0 saturated heterocycles. The number of hydrogen-bond acceptors (Lipinski definition) is 4. The second kappa shape index (κ2) is 6.43. The molecular formula is C16H20N2O3. The zero-order valence-corrected chi connectivity index (χ0v) is 12.7. The van der Waals surface area contributed by atoms with Crippen LogP contribution in [0.15, 0.2) is 24.8 Å². The van der Waals surface area contributed by atoms with E-state index in [0.29, 0.717) is 23.6 Å². The van der Waals surface area contributed by atoms with Gasteiger partial charge in [-0.3, -0.25) is 4.68 Å². The number of esters is 1. The molecule has 0 aliphatic rings. The quantitative estimate of drug-likeness (QED) is 0.465.